The monoisotopic (exact) mass is 261 g/mol. The van der Waals surface area contributed by atoms with Crippen molar-refractivity contribution < 1.29 is 0 Å². The second kappa shape index (κ2) is 5.21. The van der Waals surface area contributed by atoms with Gasteiger partial charge in [-0.3, -0.25) is 5.10 Å². The summed E-state index contributed by atoms with van der Waals surface area (Å²) in [7, 11) is 0. The summed E-state index contributed by atoms with van der Waals surface area (Å²) < 4.78 is 0. The van der Waals surface area contributed by atoms with Gasteiger partial charge in [-0.25, -0.2) is 9.97 Å². The zero-order valence-corrected chi connectivity index (χ0v) is 11.7. The van der Waals surface area contributed by atoms with Crippen LogP contribution in [0, 0.1) is 13.8 Å². The summed E-state index contributed by atoms with van der Waals surface area (Å²) in [6, 6.07) is -0.0519. The second-order valence-corrected chi connectivity index (χ2v) is 4.49. The molecule has 0 aliphatic rings. The van der Waals surface area contributed by atoms with E-state index in [1.807, 2.05) is 20.8 Å². The molecule has 0 fully saturated rings. The number of rotatable bonds is 4. The zero-order chi connectivity index (χ0) is 14.0. The molecule has 0 saturated carbocycles. The van der Waals surface area contributed by atoms with E-state index < -0.39 is 0 Å². The first-order chi connectivity index (χ1) is 9.01. The van der Waals surface area contributed by atoms with Crippen molar-refractivity contribution in [3.05, 3.63) is 22.9 Å². The summed E-state index contributed by atoms with van der Waals surface area (Å²) in [4.78, 5) is 12.7. The molecule has 0 bridgehead atoms. The van der Waals surface area contributed by atoms with Gasteiger partial charge in [0.15, 0.2) is 5.82 Å². The van der Waals surface area contributed by atoms with Crippen LogP contribution in [0.3, 0.4) is 0 Å². The summed E-state index contributed by atoms with van der Waals surface area (Å²) in [5, 5.41) is 10.3. The van der Waals surface area contributed by atoms with E-state index in [2.05, 4.69) is 37.4 Å². The smallest absolute Gasteiger partial charge is 0.222 e. The Balaban J connectivity index is 2.27. The Kier molecular flexibility index (Phi) is 3.64. The fraction of sp³-hybridized carbons (Fsp3) is 0.500. The van der Waals surface area contributed by atoms with Crippen molar-refractivity contribution in [3.8, 4) is 0 Å². The lowest BCUT2D eigenvalue weighted by Gasteiger charge is -2.15. The molecule has 0 saturated heterocycles. The van der Waals surface area contributed by atoms with Crippen molar-refractivity contribution in [2.24, 2.45) is 0 Å². The number of aryl methyl sites for hydroxylation is 2. The maximum Gasteiger partial charge on any atom is 0.222 e. The van der Waals surface area contributed by atoms with E-state index >= 15 is 0 Å². The van der Waals surface area contributed by atoms with Gasteiger partial charge in [-0.15, -0.1) is 0 Å². The van der Waals surface area contributed by atoms with Gasteiger partial charge >= 0.3 is 0 Å². The fourth-order valence-electron chi connectivity index (χ4n) is 1.98. The van der Waals surface area contributed by atoms with Crippen molar-refractivity contribution in [1.29, 1.82) is 0 Å². The molecule has 1 unspecified atom stereocenters. The molecule has 0 aliphatic heterocycles. The van der Waals surface area contributed by atoms with Crippen molar-refractivity contribution in [3.63, 3.8) is 0 Å². The van der Waals surface area contributed by atoms with Gasteiger partial charge in [-0.05, 0) is 27.2 Å². The van der Waals surface area contributed by atoms with Gasteiger partial charge in [-0.2, -0.15) is 10.1 Å². The van der Waals surface area contributed by atoms with Crippen LogP contribution in [0.2, 0.25) is 0 Å². The molecular weight excluding hydrogens is 242 g/mol. The largest absolute Gasteiger partial charge is 0.368 e. The second-order valence-electron chi connectivity index (χ2n) is 4.49. The van der Waals surface area contributed by atoms with Crippen LogP contribution >= 0.6 is 0 Å². The van der Waals surface area contributed by atoms with E-state index in [-0.39, 0.29) is 12.0 Å². The maximum absolute atomic E-state index is 5.70. The van der Waals surface area contributed by atoms with Crippen LogP contribution in [0.25, 0.3) is 0 Å². The van der Waals surface area contributed by atoms with Crippen LogP contribution in [0.5, 0.6) is 0 Å². The van der Waals surface area contributed by atoms with Crippen LogP contribution in [0.1, 0.15) is 42.8 Å². The predicted octanol–water partition coefficient (Wildman–Crippen LogP) is 1.53. The highest BCUT2D eigenvalue weighted by atomic mass is 15.2. The summed E-state index contributed by atoms with van der Waals surface area (Å²) in [6.45, 7) is 7.85. The molecule has 4 N–H and O–H groups in total. The first-order valence-corrected chi connectivity index (χ1v) is 6.29. The maximum atomic E-state index is 5.70. The Hall–Kier alpha value is -2.18. The minimum atomic E-state index is -0.0519. The highest BCUT2D eigenvalue weighted by molar-refractivity contribution is 5.50. The third-order valence-electron chi connectivity index (χ3n) is 2.94. The molecule has 1 atom stereocenters. The van der Waals surface area contributed by atoms with Crippen LogP contribution in [0.15, 0.2) is 0 Å². The summed E-state index contributed by atoms with van der Waals surface area (Å²) >= 11 is 0. The van der Waals surface area contributed by atoms with E-state index in [1.165, 1.54) is 0 Å². The Morgan fingerprint density at radius 3 is 2.58 bits per heavy atom. The van der Waals surface area contributed by atoms with Gasteiger partial charge < -0.3 is 11.1 Å². The quantitative estimate of drug-likeness (QED) is 0.770. The predicted molar refractivity (Wildman–Crippen MR) is 73.7 cm³/mol. The average molecular weight is 261 g/mol. The zero-order valence-electron chi connectivity index (χ0n) is 11.7. The molecule has 0 amide bonds. The lowest BCUT2D eigenvalue weighted by Crippen LogP contribution is -2.14. The van der Waals surface area contributed by atoms with Gasteiger partial charge in [0.1, 0.15) is 11.6 Å². The topological polar surface area (TPSA) is 105 Å². The minimum absolute atomic E-state index is 0.0519. The fourth-order valence-corrected chi connectivity index (χ4v) is 1.98. The third-order valence-corrected chi connectivity index (χ3v) is 2.94. The van der Waals surface area contributed by atoms with Gasteiger partial charge in [0.05, 0.1) is 6.04 Å². The standard InChI is InChI=1S/C12H19N7/c1-5-9-6(2)15-12(13)17-11(9)14-7(3)10-16-8(4)18-19-10/h7H,5H2,1-4H3,(H,16,18,19)(H3,13,14,15,17). The summed E-state index contributed by atoms with van der Waals surface area (Å²) in [6.07, 6.45) is 0.841. The van der Waals surface area contributed by atoms with Crippen LogP contribution < -0.4 is 11.1 Å². The molecule has 102 valence electrons. The van der Waals surface area contributed by atoms with Crippen LogP contribution in [0.4, 0.5) is 11.8 Å². The molecule has 2 heterocycles. The number of hydrogen-bond donors (Lipinski definition) is 3. The van der Waals surface area contributed by atoms with Gasteiger partial charge in [0.2, 0.25) is 5.95 Å². The Bertz CT molecular complexity index is 575. The molecule has 7 heteroatoms. The van der Waals surface area contributed by atoms with Crippen molar-refractivity contribution in [1.82, 2.24) is 25.1 Å². The number of anilines is 2. The Morgan fingerprint density at radius 2 is 2.00 bits per heavy atom. The number of hydrogen-bond acceptors (Lipinski definition) is 6. The number of nitrogen functional groups attached to an aromatic ring is 1. The Labute approximate surface area is 112 Å². The van der Waals surface area contributed by atoms with Crippen molar-refractivity contribution >= 4 is 11.8 Å². The molecule has 0 aliphatic carbocycles. The molecule has 2 aromatic rings. The lowest BCUT2D eigenvalue weighted by atomic mass is 10.1. The van der Waals surface area contributed by atoms with E-state index in [4.69, 9.17) is 5.73 Å². The Morgan fingerprint density at radius 1 is 1.26 bits per heavy atom. The number of nitrogens with one attached hydrogen (secondary N) is 2. The number of aromatic amines is 1. The summed E-state index contributed by atoms with van der Waals surface area (Å²) in [5.41, 5.74) is 7.66. The van der Waals surface area contributed by atoms with E-state index in [9.17, 15) is 0 Å². The molecule has 0 radical (unpaired) electrons. The molecule has 0 aromatic carbocycles. The molecular formula is C12H19N7. The van der Waals surface area contributed by atoms with Crippen molar-refractivity contribution in [2.75, 3.05) is 11.1 Å². The van der Waals surface area contributed by atoms with Gasteiger partial charge in [-0.1, -0.05) is 6.92 Å². The number of nitrogens with zero attached hydrogens (tertiary/aromatic N) is 4. The summed E-state index contributed by atoms with van der Waals surface area (Å²) in [5.74, 6) is 2.52. The molecule has 0 spiro atoms. The van der Waals surface area contributed by atoms with Gasteiger partial charge in [0.25, 0.3) is 0 Å². The first kappa shape index (κ1) is 13.3. The van der Waals surface area contributed by atoms with Crippen LogP contribution in [-0.2, 0) is 6.42 Å². The molecule has 2 rings (SSSR count). The minimum Gasteiger partial charge on any atom is -0.368 e. The van der Waals surface area contributed by atoms with E-state index in [1.54, 1.807) is 0 Å². The van der Waals surface area contributed by atoms with Gasteiger partial charge in [0, 0.05) is 11.3 Å². The normalized spacial score (nSPS) is 12.4. The number of nitrogens with two attached hydrogens (primary N) is 1. The molecule has 2 aromatic heterocycles. The number of H-pyrrole nitrogens is 1. The first-order valence-electron chi connectivity index (χ1n) is 6.29. The van der Waals surface area contributed by atoms with Crippen LogP contribution in [-0.4, -0.2) is 25.1 Å². The highest BCUT2D eigenvalue weighted by Gasteiger charge is 2.15. The SMILES string of the molecule is CCc1c(C)nc(N)nc1NC(C)c1n[nH]c(C)n1. The highest BCUT2D eigenvalue weighted by Crippen LogP contribution is 2.22. The third kappa shape index (κ3) is 2.81. The van der Waals surface area contributed by atoms with E-state index in [0.717, 1.165) is 29.3 Å². The molecule has 7 nitrogen and oxygen atoms in total. The lowest BCUT2D eigenvalue weighted by molar-refractivity contribution is 0.784. The average Bonchev–Trinajstić information content (AvgIpc) is 2.75. The number of aromatic nitrogens is 5. The van der Waals surface area contributed by atoms with Crippen molar-refractivity contribution in [2.45, 2.75) is 40.2 Å². The van der Waals surface area contributed by atoms with E-state index in [0.29, 0.717) is 5.82 Å². The molecule has 19 heavy (non-hydrogen) atoms.